The Labute approximate surface area is 221 Å². The number of rotatable bonds is 8. The van der Waals surface area contributed by atoms with Gasteiger partial charge in [-0.15, -0.1) is 0 Å². The zero-order chi connectivity index (χ0) is 27.3. The van der Waals surface area contributed by atoms with Crippen LogP contribution in [0.5, 0.6) is 5.75 Å². The number of nitrogens with one attached hydrogen (secondary N) is 1. The maximum atomic E-state index is 12.9. The zero-order valence-electron chi connectivity index (χ0n) is 21.1. The first kappa shape index (κ1) is 26.6. The van der Waals surface area contributed by atoms with Gasteiger partial charge in [-0.1, -0.05) is 30.3 Å². The van der Waals surface area contributed by atoms with E-state index in [1.165, 1.54) is 26.4 Å². The molecule has 0 bridgehead atoms. The van der Waals surface area contributed by atoms with E-state index in [0.29, 0.717) is 44.9 Å². The number of hydrogen-bond acceptors (Lipinski definition) is 7. The first-order valence-electron chi connectivity index (χ1n) is 11.6. The Morgan fingerprint density at radius 3 is 2.34 bits per heavy atom. The fraction of sp³-hybridized carbons (Fsp3) is 0.138. The molecule has 3 aromatic carbocycles. The van der Waals surface area contributed by atoms with Crippen LogP contribution in [0.25, 0.3) is 11.1 Å². The topological polar surface area (TPSA) is 112 Å². The van der Waals surface area contributed by atoms with Crippen molar-refractivity contribution in [2.24, 2.45) is 0 Å². The number of pyridine rings is 1. The van der Waals surface area contributed by atoms with Crippen molar-refractivity contribution in [1.29, 1.82) is 0 Å². The van der Waals surface area contributed by atoms with Gasteiger partial charge in [0.2, 0.25) is 0 Å². The number of esters is 1. The minimum Gasteiger partial charge on any atom is -0.497 e. The number of aryl methyl sites for hydroxylation is 1. The third kappa shape index (κ3) is 6.07. The molecule has 0 fully saturated rings. The molecule has 1 amide bonds. The standard InChI is InChI=1S/C29H26N2O6S/c1-19-27(29(33)37-3)15-23(17-30-19)21-6-4-7-22(14-21)28(32)31-24-12-10-20(11-13-24)18-38(34,35)26-9-5-8-25(16-26)36-2/h4-17H,18H2,1-3H3,(H,31,32). The molecule has 1 heterocycles. The quantitative estimate of drug-likeness (QED) is 0.316. The fourth-order valence-electron chi connectivity index (χ4n) is 3.83. The molecule has 4 rings (SSSR count). The molecule has 0 atom stereocenters. The first-order chi connectivity index (χ1) is 18.2. The Morgan fingerprint density at radius 2 is 1.63 bits per heavy atom. The smallest absolute Gasteiger partial charge is 0.339 e. The van der Waals surface area contributed by atoms with Gasteiger partial charge >= 0.3 is 5.97 Å². The second kappa shape index (κ2) is 11.3. The molecule has 194 valence electrons. The molecule has 8 nitrogen and oxygen atoms in total. The molecule has 4 aromatic rings. The molecule has 0 radical (unpaired) electrons. The number of carbonyl (C=O) groups is 2. The number of nitrogens with zero attached hydrogens (tertiary/aromatic N) is 1. The third-order valence-electron chi connectivity index (χ3n) is 5.92. The number of sulfone groups is 1. The summed E-state index contributed by atoms with van der Waals surface area (Å²) >= 11 is 0. The summed E-state index contributed by atoms with van der Waals surface area (Å²) in [5, 5.41) is 2.83. The van der Waals surface area contributed by atoms with Gasteiger partial charge < -0.3 is 14.8 Å². The highest BCUT2D eigenvalue weighted by Crippen LogP contribution is 2.24. The van der Waals surface area contributed by atoms with Gasteiger partial charge in [0.1, 0.15) is 5.75 Å². The Balaban J connectivity index is 1.47. The molecule has 0 saturated carbocycles. The van der Waals surface area contributed by atoms with E-state index in [-0.39, 0.29) is 16.6 Å². The number of benzene rings is 3. The van der Waals surface area contributed by atoms with Crippen molar-refractivity contribution < 1.29 is 27.5 Å². The van der Waals surface area contributed by atoms with E-state index in [9.17, 15) is 18.0 Å². The van der Waals surface area contributed by atoms with Gasteiger partial charge in [0.15, 0.2) is 9.84 Å². The van der Waals surface area contributed by atoms with Gasteiger partial charge in [0.05, 0.1) is 36.1 Å². The fourth-order valence-corrected chi connectivity index (χ4v) is 5.21. The van der Waals surface area contributed by atoms with Crippen molar-refractivity contribution in [3.05, 3.63) is 107 Å². The number of ether oxygens (including phenoxy) is 2. The summed E-state index contributed by atoms with van der Waals surface area (Å²) < 4.78 is 35.6. The van der Waals surface area contributed by atoms with Crippen molar-refractivity contribution in [3.63, 3.8) is 0 Å². The SMILES string of the molecule is COC(=O)c1cc(-c2cccc(C(=O)Nc3ccc(CS(=O)(=O)c4cccc(OC)c4)cc3)c2)cnc1C. The van der Waals surface area contributed by atoms with E-state index in [0.717, 1.165) is 0 Å². The molecule has 0 spiro atoms. The van der Waals surface area contributed by atoms with Crippen LogP contribution in [0.3, 0.4) is 0 Å². The van der Waals surface area contributed by atoms with Crippen LogP contribution in [0.4, 0.5) is 5.69 Å². The Kier molecular flexibility index (Phi) is 7.87. The van der Waals surface area contributed by atoms with Crippen molar-refractivity contribution in [2.75, 3.05) is 19.5 Å². The number of aromatic nitrogens is 1. The Morgan fingerprint density at radius 1 is 0.895 bits per heavy atom. The van der Waals surface area contributed by atoms with Crippen LogP contribution in [0.1, 0.15) is 32.0 Å². The highest BCUT2D eigenvalue weighted by Gasteiger charge is 2.17. The van der Waals surface area contributed by atoms with Crippen molar-refractivity contribution in [1.82, 2.24) is 4.98 Å². The number of carbonyl (C=O) groups excluding carboxylic acids is 2. The maximum Gasteiger partial charge on any atom is 0.339 e. The third-order valence-corrected chi connectivity index (χ3v) is 7.60. The Hall–Kier alpha value is -4.50. The van der Waals surface area contributed by atoms with Crippen LogP contribution in [0.2, 0.25) is 0 Å². The van der Waals surface area contributed by atoms with Crippen molar-refractivity contribution >= 4 is 27.4 Å². The van der Waals surface area contributed by atoms with Gasteiger partial charge in [-0.05, 0) is 66.6 Å². The second-order valence-corrected chi connectivity index (χ2v) is 10.5. The second-order valence-electron chi connectivity index (χ2n) is 8.52. The van der Waals surface area contributed by atoms with Crippen LogP contribution in [-0.2, 0) is 20.3 Å². The molecular weight excluding hydrogens is 504 g/mol. The predicted molar refractivity (Wildman–Crippen MR) is 144 cm³/mol. The van der Waals surface area contributed by atoms with Crippen LogP contribution in [0, 0.1) is 6.92 Å². The Bertz CT molecular complexity index is 1600. The lowest BCUT2D eigenvalue weighted by Gasteiger charge is -2.10. The molecular formula is C29H26N2O6S. The van der Waals surface area contributed by atoms with Gasteiger partial charge in [-0.3, -0.25) is 9.78 Å². The van der Waals surface area contributed by atoms with Crippen molar-refractivity contribution in [2.45, 2.75) is 17.6 Å². The largest absolute Gasteiger partial charge is 0.497 e. The van der Waals surface area contributed by atoms with E-state index in [4.69, 9.17) is 9.47 Å². The number of hydrogen-bond donors (Lipinski definition) is 1. The van der Waals surface area contributed by atoms with Crippen LogP contribution in [0.15, 0.2) is 90.0 Å². The average molecular weight is 531 g/mol. The maximum absolute atomic E-state index is 12.9. The molecule has 38 heavy (non-hydrogen) atoms. The molecule has 0 aliphatic rings. The van der Waals surface area contributed by atoms with Gasteiger partial charge in [0.25, 0.3) is 5.91 Å². The van der Waals surface area contributed by atoms with E-state index in [1.807, 2.05) is 6.07 Å². The van der Waals surface area contributed by atoms with Gasteiger partial charge in [-0.2, -0.15) is 0 Å². The zero-order valence-corrected chi connectivity index (χ0v) is 21.9. The summed E-state index contributed by atoms with van der Waals surface area (Å²) in [6, 6.07) is 21.6. The highest BCUT2D eigenvalue weighted by atomic mass is 32.2. The molecule has 1 aromatic heterocycles. The van der Waals surface area contributed by atoms with Crippen molar-refractivity contribution in [3.8, 4) is 16.9 Å². The molecule has 0 aliphatic carbocycles. The van der Waals surface area contributed by atoms with E-state index >= 15 is 0 Å². The molecule has 0 unspecified atom stereocenters. The lowest BCUT2D eigenvalue weighted by Crippen LogP contribution is -2.12. The normalized spacial score (nSPS) is 11.0. The van der Waals surface area contributed by atoms with E-state index in [2.05, 4.69) is 10.3 Å². The van der Waals surface area contributed by atoms with Gasteiger partial charge in [-0.25, -0.2) is 13.2 Å². The molecule has 0 saturated heterocycles. The highest BCUT2D eigenvalue weighted by molar-refractivity contribution is 7.90. The monoisotopic (exact) mass is 530 g/mol. The summed E-state index contributed by atoms with van der Waals surface area (Å²) in [5.74, 6) is -0.535. The lowest BCUT2D eigenvalue weighted by atomic mass is 10.0. The summed E-state index contributed by atoms with van der Waals surface area (Å²) in [4.78, 5) is 29.4. The average Bonchev–Trinajstić information content (AvgIpc) is 2.94. The van der Waals surface area contributed by atoms with Crippen LogP contribution >= 0.6 is 0 Å². The predicted octanol–water partition coefficient (Wildman–Crippen LogP) is 5.08. The van der Waals surface area contributed by atoms with E-state index in [1.54, 1.807) is 73.8 Å². The first-order valence-corrected chi connectivity index (χ1v) is 13.3. The summed E-state index contributed by atoms with van der Waals surface area (Å²) in [5.41, 5.74) is 3.81. The minimum atomic E-state index is -3.57. The number of methoxy groups -OCH3 is 2. The molecule has 9 heteroatoms. The summed E-state index contributed by atoms with van der Waals surface area (Å²) in [6.07, 6.45) is 1.64. The van der Waals surface area contributed by atoms with Crippen LogP contribution < -0.4 is 10.1 Å². The lowest BCUT2D eigenvalue weighted by molar-refractivity contribution is 0.0599. The number of amides is 1. The van der Waals surface area contributed by atoms with E-state index < -0.39 is 15.8 Å². The summed E-state index contributed by atoms with van der Waals surface area (Å²) in [6.45, 7) is 1.72. The summed E-state index contributed by atoms with van der Waals surface area (Å²) in [7, 11) is -0.778. The molecule has 0 aliphatic heterocycles. The minimum absolute atomic E-state index is 0.177. The van der Waals surface area contributed by atoms with Crippen LogP contribution in [-0.4, -0.2) is 39.5 Å². The van der Waals surface area contributed by atoms with Gasteiger partial charge in [0, 0.05) is 23.0 Å². The number of anilines is 1. The molecule has 1 N–H and O–H groups in total.